The van der Waals surface area contributed by atoms with E-state index in [1.807, 2.05) is 0 Å². The van der Waals surface area contributed by atoms with Gasteiger partial charge in [0, 0.05) is 5.57 Å². The first-order valence-corrected chi connectivity index (χ1v) is 6.31. The molecule has 0 aliphatic heterocycles. The Morgan fingerprint density at radius 1 is 1.42 bits per heavy atom. The largest absolute Gasteiger partial charge is 0.861 e. The molecule has 0 unspecified atom stereocenters. The highest BCUT2D eigenvalue weighted by molar-refractivity contribution is 7.91. The van der Waals surface area contributed by atoms with Crippen molar-refractivity contribution >= 4 is 21.9 Å². The highest BCUT2D eigenvalue weighted by atomic mass is 32.2. The number of esters is 1. The molecule has 0 saturated carbocycles. The third-order valence-electron chi connectivity index (χ3n) is 1.63. The second-order valence-electron chi connectivity index (χ2n) is 3.43. The Kier molecular flexibility index (Phi) is 6.00. The molecule has 0 spiro atoms. The van der Waals surface area contributed by atoms with Crippen LogP contribution in [0.2, 0.25) is 0 Å². The molecule has 6 nitrogen and oxygen atoms in total. The van der Waals surface area contributed by atoms with Gasteiger partial charge in [-0.1, -0.05) is 6.58 Å². The van der Waals surface area contributed by atoms with Gasteiger partial charge in [-0.3, -0.25) is 0 Å². The van der Waals surface area contributed by atoms with Crippen LogP contribution in [-0.2, 0) is 19.6 Å². The van der Waals surface area contributed by atoms with Gasteiger partial charge in [-0.2, -0.15) is 26.0 Å². The molecule has 0 aliphatic carbocycles. The monoisotopic (exact) mass is 302 g/mol. The first kappa shape index (κ1) is 17.4. The van der Waals surface area contributed by atoms with Gasteiger partial charge in [0.1, 0.15) is 0 Å². The summed E-state index contributed by atoms with van der Waals surface area (Å²) in [5.41, 5.74) is -5.48. The van der Waals surface area contributed by atoms with Crippen molar-refractivity contribution in [2.45, 2.75) is 25.3 Å². The molecular weight excluding hydrogens is 291 g/mol. The zero-order valence-electron chi connectivity index (χ0n) is 9.86. The summed E-state index contributed by atoms with van der Waals surface area (Å²) in [6.07, 6.45) is -0.729. The third kappa shape index (κ3) is 6.22. The van der Waals surface area contributed by atoms with Crippen molar-refractivity contribution in [3.05, 3.63) is 12.2 Å². The van der Waals surface area contributed by atoms with Gasteiger partial charge in [-0.05, 0) is 25.7 Å². The average molecular weight is 302 g/mol. The number of nitrogens with zero attached hydrogens (tertiary/aromatic N) is 1. The Morgan fingerprint density at radius 2 is 1.95 bits per heavy atom. The van der Waals surface area contributed by atoms with Crippen LogP contribution in [0.3, 0.4) is 0 Å². The summed E-state index contributed by atoms with van der Waals surface area (Å²) < 4.78 is 63.2. The van der Waals surface area contributed by atoms with Gasteiger partial charge >= 0.3 is 21.5 Å². The number of ether oxygens (including phenoxy) is 1. The van der Waals surface area contributed by atoms with Crippen LogP contribution >= 0.6 is 0 Å². The molecule has 10 heteroatoms. The summed E-state index contributed by atoms with van der Waals surface area (Å²) >= 11 is 0. The van der Waals surface area contributed by atoms with Crippen molar-refractivity contribution in [2.75, 3.05) is 6.61 Å². The van der Waals surface area contributed by atoms with Gasteiger partial charge in [0.15, 0.2) is 0 Å². The smallest absolute Gasteiger partial charge is 0.518 e. The highest BCUT2D eigenvalue weighted by Gasteiger charge is 2.45. The fourth-order valence-corrected chi connectivity index (χ4v) is 1.21. The molecule has 0 bridgehead atoms. The van der Waals surface area contributed by atoms with Gasteiger partial charge in [0.05, 0.1) is 6.61 Å². The SMILES string of the molecule is C=C(C)C(=O)OCCCC([O-])=NS(=O)(=O)C(F)(F)F. The normalized spacial score (nSPS) is 13.2. The van der Waals surface area contributed by atoms with Gasteiger partial charge in [0.25, 0.3) is 0 Å². The van der Waals surface area contributed by atoms with E-state index in [1.165, 1.54) is 6.92 Å². The first-order valence-electron chi connectivity index (χ1n) is 4.87. The number of halogens is 3. The topological polar surface area (TPSA) is 95.9 Å². The van der Waals surface area contributed by atoms with E-state index in [2.05, 4.69) is 15.7 Å². The van der Waals surface area contributed by atoms with E-state index < -0.39 is 33.8 Å². The lowest BCUT2D eigenvalue weighted by Gasteiger charge is -2.11. The standard InChI is InChI=1S/C9H12F3NO5S/c1-6(2)8(15)18-5-3-4-7(14)13-19(16,17)9(10,11)12/h1,3-5H2,2H3,(H,13,14)/p-1. The van der Waals surface area contributed by atoms with Crippen molar-refractivity contribution in [3.8, 4) is 0 Å². The maximum absolute atomic E-state index is 11.9. The molecule has 0 rings (SSSR count). The van der Waals surface area contributed by atoms with Crippen LogP contribution in [0.1, 0.15) is 19.8 Å². The predicted molar refractivity (Wildman–Crippen MR) is 57.4 cm³/mol. The first-order chi connectivity index (χ1) is 8.47. The van der Waals surface area contributed by atoms with E-state index in [4.69, 9.17) is 0 Å². The maximum atomic E-state index is 11.9. The number of rotatable bonds is 6. The van der Waals surface area contributed by atoms with Crippen molar-refractivity contribution in [2.24, 2.45) is 4.40 Å². The van der Waals surface area contributed by atoms with Crippen LogP contribution in [0.15, 0.2) is 16.5 Å². The molecule has 0 aromatic carbocycles. The third-order valence-corrected chi connectivity index (χ3v) is 2.66. The van der Waals surface area contributed by atoms with E-state index in [0.717, 1.165) is 0 Å². The van der Waals surface area contributed by atoms with Crippen LogP contribution < -0.4 is 5.11 Å². The van der Waals surface area contributed by atoms with Crippen molar-refractivity contribution < 1.29 is 36.2 Å². The summed E-state index contributed by atoms with van der Waals surface area (Å²) in [4.78, 5) is 10.9. The molecule has 0 atom stereocenters. The summed E-state index contributed by atoms with van der Waals surface area (Å²) in [6.45, 7) is 4.42. The molecule has 0 fully saturated rings. The van der Waals surface area contributed by atoms with Crippen molar-refractivity contribution in [1.29, 1.82) is 0 Å². The van der Waals surface area contributed by atoms with Gasteiger partial charge in [0.2, 0.25) is 0 Å². The molecule has 0 saturated heterocycles. The van der Waals surface area contributed by atoms with Crippen LogP contribution in [-0.4, -0.2) is 32.4 Å². The molecule has 110 valence electrons. The maximum Gasteiger partial charge on any atom is 0.518 e. The van der Waals surface area contributed by atoms with Crippen LogP contribution in [0.25, 0.3) is 0 Å². The fourth-order valence-electron chi connectivity index (χ4n) is 0.743. The minimum absolute atomic E-state index is 0.121. The number of sulfonamides is 1. The molecule has 0 N–H and O–H groups in total. The lowest BCUT2D eigenvalue weighted by molar-refractivity contribution is -0.218. The minimum Gasteiger partial charge on any atom is -0.861 e. The highest BCUT2D eigenvalue weighted by Crippen LogP contribution is 2.24. The number of carbonyl (C=O) groups excluding carboxylic acids is 1. The van der Waals surface area contributed by atoms with Crippen molar-refractivity contribution in [1.82, 2.24) is 0 Å². The zero-order chi connectivity index (χ0) is 15.3. The quantitative estimate of drug-likeness (QED) is 0.234. The second-order valence-corrected chi connectivity index (χ2v) is 5.02. The zero-order valence-corrected chi connectivity index (χ0v) is 10.7. The summed E-state index contributed by atoms with van der Waals surface area (Å²) in [6, 6.07) is 0. The van der Waals surface area contributed by atoms with Gasteiger partial charge in [-0.15, -0.1) is 0 Å². The second kappa shape index (κ2) is 6.55. The number of alkyl halides is 3. The lowest BCUT2D eigenvalue weighted by atomic mass is 10.3. The minimum atomic E-state index is -5.81. The van der Waals surface area contributed by atoms with Gasteiger partial charge < -0.3 is 9.84 Å². The Morgan fingerprint density at radius 3 is 2.37 bits per heavy atom. The molecule has 19 heavy (non-hydrogen) atoms. The predicted octanol–water partition coefficient (Wildman–Crippen LogP) is 0.494. The molecule has 0 radical (unpaired) electrons. The fraction of sp³-hybridized carbons (Fsp3) is 0.556. The van der Waals surface area contributed by atoms with Crippen LogP contribution in [0, 0.1) is 0 Å². The molecule has 0 heterocycles. The number of carbonyl (C=O) groups is 1. The Bertz CT molecular complexity index is 481. The van der Waals surface area contributed by atoms with Crippen molar-refractivity contribution in [3.63, 3.8) is 0 Å². The van der Waals surface area contributed by atoms with E-state index >= 15 is 0 Å². The summed E-state index contributed by atoms with van der Waals surface area (Å²) in [5, 5.41) is 10.9. The summed E-state index contributed by atoms with van der Waals surface area (Å²) in [7, 11) is -5.81. The van der Waals surface area contributed by atoms with E-state index in [0.29, 0.717) is 0 Å². The molecular formula is C9H11F3NO5S-. The Labute approximate surface area is 107 Å². The average Bonchev–Trinajstić information content (AvgIpc) is 2.21. The molecule has 0 aromatic rings. The molecule has 0 amide bonds. The van der Waals surface area contributed by atoms with Crippen LogP contribution in [0.5, 0.6) is 0 Å². The van der Waals surface area contributed by atoms with Gasteiger partial charge in [-0.25, -0.2) is 4.79 Å². The Hall–Kier alpha value is -1.58. The summed E-state index contributed by atoms with van der Waals surface area (Å²) in [5.74, 6) is -2.17. The Balaban J connectivity index is 4.31. The molecule has 0 aromatic heterocycles. The number of hydrogen-bond donors (Lipinski definition) is 0. The molecule has 0 aliphatic rings. The van der Waals surface area contributed by atoms with E-state index in [1.54, 1.807) is 0 Å². The van der Waals surface area contributed by atoms with E-state index in [9.17, 15) is 31.5 Å². The lowest BCUT2D eigenvalue weighted by Crippen LogP contribution is -2.26. The number of hydrogen-bond acceptors (Lipinski definition) is 5. The van der Waals surface area contributed by atoms with E-state index in [-0.39, 0.29) is 18.6 Å². The van der Waals surface area contributed by atoms with Crippen LogP contribution in [0.4, 0.5) is 13.2 Å².